The molecule has 2 aliphatic rings. The molecule has 3 heteroatoms. The fraction of sp³-hybridized carbons (Fsp3) is 0.696. The van der Waals surface area contributed by atoms with Gasteiger partial charge in [0.15, 0.2) is 0 Å². The lowest BCUT2D eigenvalue weighted by Gasteiger charge is -2.36. The first-order valence-electron chi connectivity index (χ1n) is 10.6. The highest BCUT2D eigenvalue weighted by Crippen LogP contribution is 2.51. The van der Waals surface area contributed by atoms with Crippen molar-refractivity contribution in [2.75, 3.05) is 19.6 Å². The van der Waals surface area contributed by atoms with Crippen molar-refractivity contribution in [3.05, 3.63) is 29.8 Å². The summed E-state index contributed by atoms with van der Waals surface area (Å²) in [4.78, 5) is 14.4. The van der Waals surface area contributed by atoms with Gasteiger partial charge in [0.05, 0.1) is 0 Å². The average molecular weight is 358 g/mol. The third-order valence-corrected chi connectivity index (χ3v) is 6.48. The highest BCUT2D eigenvalue weighted by Gasteiger charge is 2.45. The van der Waals surface area contributed by atoms with E-state index in [1.165, 1.54) is 63.7 Å². The van der Waals surface area contributed by atoms with Crippen LogP contribution in [0.15, 0.2) is 24.3 Å². The minimum absolute atomic E-state index is 0.150. The first-order valence-corrected chi connectivity index (χ1v) is 10.6. The Bertz CT molecular complexity index is 612. The van der Waals surface area contributed by atoms with E-state index in [9.17, 15) is 4.79 Å². The van der Waals surface area contributed by atoms with E-state index < -0.39 is 0 Å². The molecule has 2 unspecified atom stereocenters. The standard InChI is InChI=1S/C23H35NO2/c1-4-22(25)26-21-10-5-8-19(16-21)23-12-6-9-20(23)17-24(14-7-13-23)15-11-18(2)3/h5,8,10,16,18,20H,4,6-7,9,11-15,17H2,1-3H3. The van der Waals surface area contributed by atoms with Crippen LogP contribution in [0, 0.1) is 11.8 Å². The van der Waals surface area contributed by atoms with Gasteiger partial charge in [0, 0.05) is 13.0 Å². The number of hydrogen-bond donors (Lipinski definition) is 0. The molecule has 1 heterocycles. The van der Waals surface area contributed by atoms with Gasteiger partial charge >= 0.3 is 5.97 Å². The van der Waals surface area contributed by atoms with E-state index in [2.05, 4.69) is 36.9 Å². The van der Waals surface area contributed by atoms with Crippen LogP contribution in [0.4, 0.5) is 0 Å². The number of esters is 1. The second-order valence-corrected chi connectivity index (χ2v) is 8.69. The number of carbonyl (C=O) groups is 1. The molecule has 0 amide bonds. The molecule has 1 aliphatic heterocycles. The van der Waals surface area contributed by atoms with Gasteiger partial charge in [-0.3, -0.25) is 4.79 Å². The molecular formula is C23H35NO2. The molecule has 1 saturated carbocycles. The molecule has 1 aromatic rings. The summed E-state index contributed by atoms with van der Waals surface area (Å²) < 4.78 is 5.51. The first-order chi connectivity index (χ1) is 12.5. The minimum atomic E-state index is -0.150. The van der Waals surface area contributed by atoms with Crippen LogP contribution < -0.4 is 4.74 Å². The van der Waals surface area contributed by atoms with E-state index >= 15 is 0 Å². The summed E-state index contributed by atoms with van der Waals surface area (Å²) in [6.07, 6.45) is 8.18. The van der Waals surface area contributed by atoms with Crippen molar-refractivity contribution in [1.82, 2.24) is 4.90 Å². The second kappa shape index (κ2) is 8.56. The van der Waals surface area contributed by atoms with E-state index in [1.54, 1.807) is 0 Å². The Morgan fingerprint density at radius 3 is 2.88 bits per heavy atom. The van der Waals surface area contributed by atoms with Gasteiger partial charge in [-0.05, 0) is 80.1 Å². The zero-order chi connectivity index (χ0) is 18.6. The molecular weight excluding hydrogens is 322 g/mol. The Morgan fingerprint density at radius 1 is 1.31 bits per heavy atom. The molecule has 2 atom stereocenters. The molecule has 0 radical (unpaired) electrons. The number of hydrogen-bond acceptors (Lipinski definition) is 3. The van der Waals surface area contributed by atoms with E-state index in [-0.39, 0.29) is 11.4 Å². The van der Waals surface area contributed by atoms with Crippen LogP contribution in [0.25, 0.3) is 0 Å². The topological polar surface area (TPSA) is 29.5 Å². The third-order valence-electron chi connectivity index (χ3n) is 6.48. The van der Waals surface area contributed by atoms with Gasteiger partial charge in [-0.1, -0.05) is 39.3 Å². The predicted molar refractivity (Wildman–Crippen MR) is 107 cm³/mol. The Kier molecular flexibility index (Phi) is 6.39. The van der Waals surface area contributed by atoms with Crippen molar-refractivity contribution in [3.8, 4) is 5.75 Å². The Labute approximate surface area is 159 Å². The third kappa shape index (κ3) is 4.31. The summed E-state index contributed by atoms with van der Waals surface area (Å²) >= 11 is 0. The fourth-order valence-electron chi connectivity index (χ4n) is 5.00. The largest absolute Gasteiger partial charge is 0.427 e. The van der Waals surface area contributed by atoms with Crippen molar-refractivity contribution in [3.63, 3.8) is 0 Å². The maximum absolute atomic E-state index is 11.7. The Hall–Kier alpha value is -1.35. The predicted octanol–water partition coefficient (Wildman–Crippen LogP) is 5.18. The van der Waals surface area contributed by atoms with Gasteiger partial charge in [-0.25, -0.2) is 0 Å². The van der Waals surface area contributed by atoms with Crippen LogP contribution >= 0.6 is 0 Å². The average Bonchev–Trinajstić information content (AvgIpc) is 2.94. The second-order valence-electron chi connectivity index (χ2n) is 8.69. The molecule has 26 heavy (non-hydrogen) atoms. The Morgan fingerprint density at radius 2 is 2.12 bits per heavy atom. The molecule has 0 bridgehead atoms. The lowest BCUT2D eigenvalue weighted by molar-refractivity contribution is -0.134. The minimum Gasteiger partial charge on any atom is -0.427 e. The highest BCUT2D eigenvalue weighted by atomic mass is 16.5. The zero-order valence-corrected chi connectivity index (χ0v) is 16.8. The summed E-state index contributed by atoms with van der Waals surface area (Å²) in [6, 6.07) is 8.41. The Balaban J connectivity index is 1.79. The molecule has 3 rings (SSSR count). The zero-order valence-electron chi connectivity index (χ0n) is 16.8. The number of benzene rings is 1. The molecule has 1 saturated heterocycles. The van der Waals surface area contributed by atoms with Crippen LogP contribution in [0.5, 0.6) is 5.75 Å². The van der Waals surface area contributed by atoms with Gasteiger partial charge in [-0.15, -0.1) is 0 Å². The molecule has 0 aromatic heterocycles. The van der Waals surface area contributed by atoms with Crippen molar-refractivity contribution in [1.29, 1.82) is 0 Å². The van der Waals surface area contributed by atoms with Crippen molar-refractivity contribution < 1.29 is 9.53 Å². The van der Waals surface area contributed by atoms with E-state index in [0.717, 1.165) is 17.6 Å². The van der Waals surface area contributed by atoms with Crippen LogP contribution in [-0.2, 0) is 10.2 Å². The van der Waals surface area contributed by atoms with E-state index in [1.807, 2.05) is 13.0 Å². The van der Waals surface area contributed by atoms with Gasteiger partial charge in [0.25, 0.3) is 0 Å². The van der Waals surface area contributed by atoms with Crippen molar-refractivity contribution in [2.45, 2.75) is 71.1 Å². The first kappa shape index (κ1) is 19.4. The van der Waals surface area contributed by atoms with Gasteiger partial charge in [0.2, 0.25) is 0 Å². The summed E-state index contributed by atoms with van der Waals surface area (Å²) in [6.45, 7) is 10.2. The van der Waals surface area contributed by atoms with Crippen LogP contribution in [0.1, 0.15) is 71.3 Å². The molecule has 1 aliphatic carbocycles. The van der Waals surface area contributed by atoms with Gasteiger partial charge in [0.1, 0.15) is 5.75 Å². The van der Waals surface area contributed by atoms with E-state index in [4.69, 9.17) is 4.74 Å². The number of ether oxygens (including phenoxy) is 1. The molecule has 144 valence electrons. The number of rotatable bonds is 6. The molecule has 0 spiro atoms. The molecule has 3 nitrogen and oxygen atoms in total. The molecule has 0 N–H and O–H groups in total. The van der Waals surface area contributed by atoms with Crippen molar-refractivity contribution in [2.24, 2.45) is 11.8 Å². The van der Waals surface area contributed by atoms with Gasteiger partial charge in [-0.2, -0.15) is 0 Å². The number of nitrogens with zero attached hydrogens (tertiary/aromatic N) is 1. The number of fused-ring (bicyclic) bond motifs is 1. The normalized spacial score (nSPS) is 26.5. The lowest BCUT2D eigenvalue weighted by atomic mass is 9.69. The van der Waals surface area contributed by atoms with Crippen LogP contribution in [-0.4, -0.2) is 30.5 Å². The molecule has 1 aromatic carbocycles. The monoisotopic (exact) mass is 357 g/mol. The summed E-state index contributed by atoms with van der Waals surface area (Å²) in [5.74, 6) is 2.07. The lowest BCUT2D eigenvalue weighted by Crippen LogP contribution is -2.36. The molecule has 2 fully saturated rings. The SMILES string of the molecule is CCC(=O)Oc1cccc(C23CCCC2CN(CCC(C)C)CCC3)c1. The highest BCUT2D eigenvalue weighted by molar-refractivity contribution is 5.72. The smallest absolute Gasteiger partial charge is 0.310 e. The quantitative estimate of drug-likeness (QED) is 0.519. The summed E-state index contributed by atoms with van der Waals surface area (Å²) in [5.41, 5.74) is 1.67. The number of carbonyl (C=O) groups excluding carboxylic acids is 1. The number of likely N-dealkylation sites (tertiary alicyclic amines) is 1. The van der Waals surface area contributed by atoms with Crippen LogP contribution in [0.3, 0.4) is 0 Å². The summed E-state index contributed by atoms with van der Waals surface area (Å²) in [5, 5.41) is 0. The van der Waals surface area contributed by atoms with Crippen molar-refractivity contribution >= 4 is 5.97 Å². The van der Waals surface area contributed by atoms with E-state index in [0.29, 0.717) is 6.42 Å². The van der Waals surface area contributed by atoms with Crippen LogP contribution in [0.2, 0.25) is 0 Å². The maximum Gasteiger partial charge on any atom is 0.310 e. The maximum atomic E-state index is 11.7. The van der Waals surface area contributed by atoms with Gasteiger partial charge < -0.3 is 9.64 Å². The summed E-state index contributed by atoms with van der Waals surface area (Å²) in [7, 11) is 0. The fourth-order valence-corrected chi connectivity index (χ4v) is 5.00.